The molecule has 18 heavy (non-hydrogen) atoms. The van der Waals surface area contributed by atoms with Gasteiger partial charge in [0.15, 0.2) is 0 Å². The molecule has 0 bridgehead atoms. The molecule has 0 aliphatic rings. The lowest BCUT2D eigenvalue weighted by Gasteiger charge is -2.24. The Morgan fingerprint density at radius 2 is 1.83 bits per heavy atom. The minimum absolute atomic E-state index is 0.00465. The summed E-state index contributed by atoms with van der Waals surface area (Å²) in [5.74, 6) is -1.12. The number of aliphatic hydroxyl groups is 1. The van der Waals surface area contributed by atoms with Crippen LogP contribution < -0.4 is 0 Å². The van der Waals surface area contributed by atoms with Crippen LogP contribution in [0, 0.1) is 11.3 Å². The SMILES string of the molecule is CCOC(=O)[C@H](C=C=C(C)C(C)(C)C)C(C)(C)O. The molecule has 1 N–H and O–H groups in total. The summed E-state index contributed by atoms with van der Waals surface area (Å²) >= 11 is 0. The highest BCUT2D eigenvalue weighted by Gasteiger charge is 2.32. The maximum atomic E-state index is 11.8. The topological polar surface area (TPSA) is 46.5 Å². The van der Waals surface area contributed by atoms with Crippen molar-refractivity contribution in [3.8, 4) is 0 Å². The van der Waals surface area contributed by atoms with Gasteiger partial charge in [0.1, 0.15) is 5.92 Å². The van der Waals surface area contributed by atoms with E-state index in [-0.39, 0.29) is 5.41 Å². The van der Waals surface area contributed by atoms with Crippen LogP contribution in [0.15, 0.2) is 17.4 Å². The molecule has 0 unspecified atom stereocenters. The first-order chi connectivity index (χ1) is 8.00. The molecule has 0 saturated heterocycles. The van der Waals surface area contributed by atoms with E-state index in [2.05, 4.69) is 26.5 Å². The molecule has 0 aliphatic heterocycles. The third-order valence-electron chi connectivity index (χ3n) is 2.89. The van der Waals surface area contributed by atoms with Crippen LogP contribution in [0.5, 0.6) is 0 Å². The van der Waals surface area contributed by atoms with Crippen molar-refractivity contribution in [2.45, 2.75) is 54.1 Å². The fourth-order valence-electron chi connectivity index (χ4n) is 1.22. The van der Waals surface area contributed by atoms with Crippen LogP contribution in [0.2, 0.25) is 0 Å². The molecule has 0 amide bonds. The van der Waals surface area contributed by atoms with Crippen molar-refractivity contribution in [1.29, 1.82) is 0 Å². The first-order valence-corrected chi connectivity index (χ1v) is 6.33. The van der Waals surface area contributed by atoms with Gasteiger partial charge in [-0.25, -0.2) is 0 Å². The van der Waals surface area contributed by atoms with Crippen LogP contribution in [0.25, 0.3) is 0 Å². The lowest BCUT2D eigenvalue weighted by Crippen LogP contribution is -2.36. The smallest absolute Gasteiger partial charge is 0.316 e. The predicted molar refractivity (Wildman–Crippen MR) is 73.1 cm³/mol. The summed E-state index contributed by atoms with van der Waals surface area (Å²) < 4.78 is 4.97. The minimum atomic E-state index is -1.16. The summed E-state index contributed by atoms with van der Waals surface area (Å²) in [5.41, 5.74) is 2.97. The zero-order valence-electron chi connectivity index (χ0n) is 12.6. The fraction of sp³-hybridized carbons (Fsp3) is 0.733. The highest BCUT2D eigenvalue weighted by molar-refractivity contribution is 5.75. The molecule has 0 aromatic carbocycles. The van der Waals surface area contributed by atoms with Crippen molar-refractivity contribution >= 4 is 5.97 Å². The van der Waals surface area contributed by atoms with Crippen molar-refractivity contribution in [3.05, 3.63) is 17.4 Å². The molecule has 0 spiro atoms. The highest BCUT2D eigenvalue weighted by Crippen LogP contribution is 2.25. The van der Waals surface area contributed by atoms with Crippen molar-refractivity contribution in [2.75, 3.05) is 6.61 Å². The van der Waals surface area contributed by atoms with Crippen LogP contribution in [-0.2, 0) is 9.53 Å². The van der Waals surface area contributed by atoms with Gasteiger partial charge in [0, 0.05) is 0 Å². The van der Waals surface area contributed by atoms with E-state index in [0.717, 1.165) is 5.57 Å². The zero-order valence-corrected chi connectivity index (χ0v) is 12.6. The van der Waals surface area contributed by atoms with Crippen LogP contribution >= 0.6 is 0 Å². The standard InChI is InChI=1S/C15H26O3/c1-8-18-13(16)12(15(6,7)17)10-9-11(2)14(3,4)5/h10,12,17H,8H2,1-7H3/t9?,12-/m0/s1. The van der Waals surface area contributed by atoms with Gasteiger partial charge in [-0.2, -0.15) is 0 Å². The minimum Gasteiger partial charge on any atom is -0.465 e. The Hall–Kier alpha value is -1.05. The molecule has 0 aromatic heterocycles. The van der Waals surface area contributed by atoms with Gasteiger partial charge in [-0.1, -0.05) is 20.8 Å². The van der Waals surface area contributed by atoms with E-state index in [1.54, 1.807) is 26.8 Å². The second-order valence-corrected chi connectivity index (χ2v) is 6.07. The van der Waals surface area contributed by atoms with Gasteiger partial charge in [0.25, 0.3) is 0 Å². The van der Waals surface area contributed by atoms with Gasteiger partial charge in [-0.05, 0) is 44.8 Å². The molecule has 0 fully saturated rings. The quantitative estimate of drug-likeness (QED) is 0.619. The zero-order chi connectivity index (χ0) is 14.6. The van der Waals surface area contributed by atoms with Crippen molar-refractivity contribution in [1.82, 2.24) is 0 Å². The van der Waals surface area contributed by atoms with Crippen LogP contribution in [0.4, 0.5) is 0 Å². The van der Waals surface area contributed by atoms with E-state index in [1.165, 1.54) is 0 Å². The van der Waals surface area contributed by atoms with Gasteiger partial charge >= 0.3 is 5.97 Å². The molecule has 0 heterocycles. The van der Waals surface area contributed by atoms with Crippen molar-refractivity contribution in [3.63, 3.8) is 0 Å². The Morgan fingerprint density at radius 1 is 1.33 bits per heavy atom. The van der Waals surface area contributed by atoms with E-state index >= 15 is 0 Å². The third-order valence-corrected chi connectivity index (χ3v) is 2.89. The summed E-state index contributed by atoms with van der Waals surface area (Å²) in [6.07, 6.45) is 1.61. The Labute approximate surface area is 111 Å². The Bertz CT molecular complexity index is 347. The normalized spacial score (nSPS) is 13.6. The Morgan fingerprint density at radius 3 is 2.17 bits per heavy atom. The lowest BCUT2D eigenvalue weighted by molar-refractivity contribution is -0.153. The third kappa shape index (κ3) is 5.52. The van der Waals surface area contributed by atoms with E-state index in [1.807, 2.05) is 6.92 Å². The van der Waals surface area contributed by atoms with Gasteiger partial charge in [-0.3, -0.25) is 4.79 Å². The number of carbonyl (C=O) groups excluding carboxylic acids is 1. The van der Waals surface area contributed by atoms with Crippen molar-refractivity contribution in [2.24, 2.45) is 11.3 Å². The summed E-state index contributed by atoms with van der Waals surface area (Å²) in [4.78, 5) is 11.8. The first kappa shape index (κ1) is 16.9. The number of carbonyl (C=O) groups is 1. The molecule has 3 heteroatoms. The Balaban J connectivity index is 5.28. The fourth-order valence-corrected chi connectivity index (χ4v) is 1.22. The number of rotatable bonds is 4. The monoisotopic (exact) mass is 254 g/mol. The maximum Gasteiger partial charge on any atom is 0.316 e. The Kier molecular flexibility index (Phi) is 5.85. The number of esters is 1. The molecule has 1 atom stereocenters. The van der Waals surface area contributed by atoms with Gasteiger partial charge < -0.3 is 9.84 Å². The first-order valence-electron chi connectivity index (χ1n) is 6.33. The van der Waals surface area contributed by atoms with Gasteiger partial charge in [0.2, 0.25) is 0 Å². The molecule has 0 aromatic rings. The lowest BCUT2D eigenvalue weighted by atomic mass is 9.86. The average molecular weight is 254 g/mol. The maximum absolute atomic E-state index is 11.8. The number of hydrogen-bond donors (Lipinski definition) is 1. The van der Waals surface area contributed by atoms with E-state index in [0.29, 0.717) is 6.61 Å². The average Bonchev–Trinajstić information content (AvgIpc) is 2.14. The summed E-state index contributed by atoms with van der Waals surface area (Å²) in [7, 11) is 0. The molecular weight excluding hydrogens is 228 g/mol. The number of ether oxygens (including phenoxy) is 1. The molecular formula is C15H26O3. The number of hydrogen-bond acceptors (Lipinski definition) is 3. The molecule has 0 rings (SSSR count). The molecule has 3 nitrogen and oxygen atoms in total. The summed E-state index contributed by atoms with van der Waals surface area (Å²) in [5, 5.41) is 10.0. The molecule has 0 aliphatic carbocycles. The molecule has 0 saturated carbocycles. The highest BCUT2D eigenvalue weighted by atomic mass is 16.5. The van der Waals surface area contributed by atoms with Gasteiger partial charge in [0.05, 0.1) is 12.2 Å². The summed E-state index contributed by atoms with van der Waals surface area (Å²) in [6.45, 7) is 13.4. The largest absolute Gasteiger partial charge is 0.465 e. The van der Waals surface area contributed by atoms with E-state index < -0.39 is 17.5 Å². The van der Waals surface area contributed by atoms with Crippen molar-refractivity contribution < 1.29 is 14.6 Å². The van der Waals surface area contributed by atoms with E-state index in [9.17, 15) is 9.90 Å². The van der Waals surface area contributed by atoms with Crippen LogP contribution in [0.1, 0.15) is 48.5 Å². The second kappa shape index (κ2) is 6.21. The van der Waals surface area contributed by atoms with E-state index in [4.69, 9.17) is 4.74 Å². The van der Waals surface area contributed by atoms with Crippen LogP contribution in [-0.4, -0.2) is 23.3 Å². The van der Waals surface area contributed by atoms with Gasteiger partial charge in [-0.15, -0.1) is 5.73 Å². The predicted octanol–water partition coefficient (Wildman–Crippen LogP) is 3.08. The summed E-state index contributed by atoms with van der Waals surface area (Å²) in [6, 6.07) is 0. The molecule has 104 valence electrons. The second-order valence-electron chi connectivity index (χ2n) is 6.07. The van der Waals surface area contributed by atoms with Crippen LogP contribution in [0.3, 0.4) is 0 Å². The molecule has 0 radical (unpaired) electrons.